The Labute approximate surface area is 230 Å². The van der Waals surface area contributed by atoms with E-state index in [2.05, 4.69) is 52.5 Å². The second-order valence-corrected chi connectivity index (χ2v) is 11.6. The van der Waals surface area contributed by atoms with Crippen LogP contribution in [0.1, 0.15) is 114 Å². The second-order valence-electron chi connectivity index (χ2n) is 10.6. The van der Waals surface area contributed by atoms with Gasteiger partial charge in [-0.3, -0.25) is 4.79 Å². The first-order chi connectivity index (χ1) is 17.8. The average Bonchev–Trinajstić information content (AvgIpc) is 3.09. The number of hydrogen-bond donors (Lipinski definition) is 0. The molecule has 0 aromatic heterocycles. The molecule has 2 unspecified atom stereocenters. The summed E-state index contributed by atoms with van der Waals surface area (Å²) in [6.07, 6.45) is 15.8. The molecule has 1 aliphatic carbocycles. The lowest BCUT2D eigenvalue weighted by Crippen LogP contribution is -2.47. The van der Waals surface area contributed by atoms with E-state index in [0.29, 0.717) is 17.9 Å². The van der Waals surface area contributed by atoms with Crippen LogP contribution in [-0.2, 0) is 21.8 Å². The van der Waals surface area contributed by atoms with Gasteiger partial charge in [0.2, 0.25) is 5.91 Å². The standard InChI is InChI=1S/C28H39NOS.C3H6.C2H4O/c1-5-6-7-10-22-13-20(3)28(23-11-8-9-19(2)12-23)25(14-22)18-31-17-24-15-26-16-27(30)29(26)21(24)4;1-3-2;1-2-3/h12-14,23,26H,5-11,15-18H2,1-4H3;3H,1H2,2H3;2H,1H3. The van der Waals surface area contributed by atoms with Gasteiger partial charge in [-0.2, -0.15) is 11.8 Å². The number of carbonyl (C=O) groups is 2. The number of allylic oxidation sites excluding steroid dienone is 4. The second kappa shape index (κ2) is 16.0. The van der Waals surface area contributed by atoms with E-state index in [1.165, 1.54) is 74.3 Å². The lowest BCUT2D eigenvalue weighted by Gasteiger charge is -2.35. The molecule has 1 aromatic carbocycles. The van der Waals surface area contributed by atoms with Crippen molar-refractivity contribution in [2.75, 3.05) is 5.75 Å². The molecule has 204 valence electrons. The lowest BCUT2D eigenvalue weighted by molar-refractivity contribution is -0.141. The Morgan fingerprint density at radius 3 is 2.41 bits per heavy atom. The third-order valence-corrected chi connectivity index (χ3v) is 8.54. The molecule has 2 atom stereocenters. The summed E-state index contributed by atoms with van der Waals surface area (Å²) in [5.41, 5.74) is 10.5. The number of aryl methyl sites for hydroxylation is 2. The van der Waals surface area contributed by atoms with Gasteiger partial charge in [0.05, 0.1) is 0 Å². The van der Waals surface area contributed by atoms with E-state index in [1.807, 2.05) is 23.6 Å². The maximum atomic E-state index is 11.9. The van der Waals surface area contributed by atoms with Crippen LogP contribution in [0.25, 0.3) is 0 Å². The summed E-state index contributed by atoms with van der Waals surface area (Å²) in [6, 6.07) is 5.46. The van der Waals surface area contributed by atoms with Crippen LogP contribution in [0.4, 0.5) is 0 Å². The highest BCUT2D eigenvalue weighted by molar-refractivity contribution is 7.98. The van der Waals surface area contributed by atoms with Gasteiger partial charge >= 0.3 is 0 Å². The van der Waals surface area contributed by atoms with Crippen molar-refractivity contribution >= 4 is 24.0 Å². The predicted molar refractivity (Wildman–Crippen MR) is 161 cm³/mol. The molecule has 3 aliphatic rings. The first-order valence-corrected chi connectivity index (χ1v) is 15.3. The number of hydrogen-bond acceptors (Lipinski definition) is 3. The number of fused-ring (bicyclic) bond motifs is 1. The van der Waals surface area contributed by atoms with E-state index in [1.54, 1.807) is 22.8 Å². The zero-order valence-corrected chi connectivity index (χ0v) is 25.0. The quantitative estimate of drug-likeness (QED) is 0.140. The van der Waals surface area contributed by atoms with Crippen molar-refractivity contribution in [1.82, 2.24) is 4.90 Å². The molecular weight excluding hydrogens is 474 g/mol. The Balaban J connectivity index is 0.000000733. The summed E-state index contributed by atoms with van der Waals surface area (Å²) in [4.78, 5) is 22.7. The Bertz CT molecular complexity index is 984. The van der Waals surface area contributed by atoms with Gasteiger partial charge in [0.25, 0.3) is 0 Å². The molecule has 2 heterocycles. The van der Waals surface area contributed by atoms with Crippen LogP contribution in [0.15, 0.2) is 47.7 Å². The highest BCUT2D eigenvalue weighted by Gasteiger charge is 2.42. The Morgan fingerprint density at radius 2 is 1.81 bits per heavy atom. The molecule has 4 heteroatoms. The molecule has 1 fully saturated rings. The number of β-lactam (4-membered cyclic amide) rings is 1. The smallest absolute Gasteiger partial charge is 0.229 e. The van der Waals surface area contributed by atoms with E-state index in [4.69, 9.17) is 4.79 Å². The van der Waals surface area contributed by atoms with Gasteiger partial charge in [0.15, 0.2) is 0 Å². The SMILES string of the molecule is C=CC.CC=O.CCCCCc1cc(C)c(C2C=C(C)CCC2)c(CSCC2=C(C)N3C(=O)CC3C2)c1. The van der Waals surface area contributed by atoms with Crippen LogP contribution in [0.5, 0.6) is 0 Å². The average molecular weight is 524 g/mol. The van der Waals surface area contributed by atoms with E-state index >= 15 is 0 Å². The maximum Gasteiger partial charge on any atom is 0.229 e. The van der Waals surface area contributed by atoms with Gasteiger partial charge in [-0.25, -0.2) is 0 Å². The molecular formula is C33H49NO2S. The Morgan fingerprint density at radius 1 is 1.11 bits per heavy atom. The highest BCUT2D eigenvalue weighted by Crippen LogP contribution is 2.40. The number of rotatable bonds is 9. The summed E-state index contributed by atoms with van der Waals surface area (Å²) in [5, 5.41) is 0. The molecule has 4 rings (SSSR count). The molecule has 2 aliphatic heterocycles. The van der Waals surface area contributed by atoms with Crippen LogP contribution in [0.3, 0.4) is 0 Å². The van der Waals surface area contributed by atoms with Crippen molar-refractivity contribution in [3.05, 3.63) is 70.0 Å². The topological polar surface area (TPSA) is 37.4 Å². The first kappa shape index (κ1) is 31.1. The van der Waals surface area contributed by atoms with Gasteiger partial charge in [0.1, 0.15) is 6.29 Å². The Hall–Kier alpha value is -2.07. The van der Waals surface area contributed by atoms with Gasteiger partial charge in [-0.1, -0.05) is 49.6 Å². The van der Waals surface area contributed by atoms with Crippen molar-refractivity contribution in [2.45, 2.75) is 117 Å². The van der Waals surface area contributed by atoms with E-state index in [0.717, 1.165) is 30.6 Å². The minimum Gasteiger partial charge on any atom is -0.313 e. The molecule has 0 saturated carbocycles. The van der Waals surface area contributed by atoms with Gasteiger partial charge in [0, 0.05) is 35.6 Å². The fourth-order valence-corrected chi connectivity index (χ4v) is 6.96. The minimum absolute atomic E-state index is 0.319. The van der Waals surface area contributed by atoms with Crippen molar-refractivity contribution in [1.29, 1.82) is 0 Å². The molecule has 37 heavy (non-hydrogen) atoms. The molecule has 1 amide bonds. The monoisotopic (exact) mass is 523 g/mol. The van der Waals surface area contributed by atoms with Crippen LogP contribution < -0.4 is 0 Å². The molecule has 1 saturated heterocycles. The van der Waals surface area contributed by atoms with Crippen molar-refractivity contribution in [3.8, 4) is 0 Å². The molecule has 0 spiro atoms. The molecule has 3 nitrogen and oxygen atoms in total. The predicted octanol–water partition coefficient (Wildman–Crippen LogP) is 8.85. The van der Waals surface area contributed by atoms with Crippen LogP contribution >= 0.6 is 11.8 Å². The maximum absolute atomic E-state index is 11.9. The number of benzene rings is 1. The summed E-state index contributed by atoms with van der Waals surface area (Å²) in [7, 11) is 0. The highest BCUT2D eigenvalue weighted by atomic mass is 32.2. The number of amides is 1. The number of unbranched alkanes of at least 4 members (excludes halogenated alkanes) is 2. The van der Waals surface area contributed by atoms with Crippen LogP contribution in [0, 0.1) is 6.92 Å². The van der Waals surface area contributed by atoms with Gasteiger partial charge < -0.3 is 9.69 Å². The summed E-state index contributed by atoms with van der Waals surface area (Å²) >= 11 is 2.05. The van der Waals surface area contributed by atoms with Crippen molar-refractivity contribution in [3.63, 3.8) is 0 Å². The summed E-state index contributed by atoms with van der Waals surface area (Å²) < 4.78 is 0. The fraction of sp³-hybridized carbons (Fsp3) is 0.576. The van der Waals surface area contributed by atoms with Crippen LogP contribution in [0.2, 0.25) is 0 Å². The zero-order valence-electron chi connectivity index (χ0n) is 24.2. The van der Waals surface area contributed by atoms with Crippen molar-refractivity contribution < 1.29 is 9.59 Å². The molecule has 0 bridgehead atoms. The summed E-state index contributed by atoms with van der Waals surface area (Å²) in [6.45, 7) is 15.8. The van der Waals surface area contributed by atoms with E-state index < -0.39 is 0 Å². The molecule has 1 aromatic rings. The van der Waals surface area contributed by atoms with E-state index in [-0.39, 0.29) is 0 Å². The molecule has 0 radical (unpaired) electrons. The number of aldehydes is 1. The lowest BCUT2D eigenvalue weighted by atomic mass is 9.81. The third kappa shape index (κ3) is 8.74. The Kier molecular flexibility index (Phi) is 13.5. The number of carbonyl (C=O) groups excluding carboxylic acids is 2. The number of thioether (sulfide) groups is 1. The fourth-order valence-electron chi connectivity index (χ4n) is 5.82. The van der Waals surface area contributed by atoms with Crippen molar-refractivity contribution in [2.24, 2.45) is 0 Å². The van der Waals surface area contributed by atoms with Gasteiger partial charge in [-0.05, 0) is 101 Å². The zero-order chi connectivity index (χ0) is 27.4. The summed E-state index contributed by atoms with van der Waals surface area (Å²) in [5.74, 6) is 3.04. The molecule has 0 N–H and O–H groups in total. The van der Waals surface area contributed by atoms with Gasteiger partial charge in [-0.15, -0.1) is 6.58 Å². The minimum atomic E-state index is 0.319. The third-order valence-electron chi connectivity index (χ3n) is 7.48. The van der Waals surface area contributed by atoms with Crippen LogP contribution in [-0.4, -0.2) is 28.9 Å². The largest absolute Gasteiger partial charge is 0.313 e. The number of nitrogens with zero attached hydrogens (tertiary/aromatic N) is 1. The van der Waals surface area contributed by atoms with E-state index in [9.17, 15) is 4.79 Å². The first-order valence-electron chi connectivity index (χ1n) is 14.2. The normalized spacial score (nSPS) is 20.1.